The second kappa shape index (κ2) is 5.91. The van der Waals surface area contributed by atoms with Gasteiger partial charge in [0.2, 0.25) is 11.5 Å². The highest BCUT2D eigenvalue weighted by molar-refractivity contribution is 5.65. The van der Waals surface area contributed by atoms with E-state index in [4.69, 9.17) is 4.74 Å². The lowest BCUT2D eigenvalue weighted by atomic mass is 10.2. The van der Waals surface area contributed by atoms with Crippen molar-refractivity contribution in [3.05, 3.63) is 42.1 Å². The molecule has 26 heavy (non-hydrogen) atoms. The molecule has 0 aliphatic carbocycles. The summed E-state index contributed by atoms with van der Waals surface area (Å²) in [6, 6.07) is 5.09. The van der Waals surface area contributed by atoms with Crippen molar-refractivity contribution < 1.29 is 4.74 Å². The Kier molecular flexibility index (Phi) is 3.53. The Morgan fingerprint density at radius 2 is 2.08 bits per heavy atom. The number of fused-ring (bicyclic) bond motifs is 3. The average Bonchev–Trinajstić information content (AvgIpc) is 3.36. The van der Waals surface area contributed by atoms with Crippen molar-refractivity contribution in [3.63, 3.8) is 0 Å². The van der Waals surface area contributed by atoms with Crippen LogP contribution in [-0.2, 0) is 6.54 Å². The molecule has 0 spiro atoms. The Morgan fingerprint density at radius 3 is 2.88 bits per heavy atom. The van der Waals surface area contributed by atoms with Gasteiger partial charge in [-0.2, -0.15) is 0 Å². The molecule has 2 atom stereocenters. The molecule has 3 aromatic rings. The number of aromatic nitrogens is 5. The third-order valence-corrected chi connectivity index (χ3v) is 5.50. The molecule has 5 heterocycles. The minimum absolute atomic E-state index is 0.472. The molecule has 2 aliphatic heterocycles. The molecule has 2 fully saturated rings. The quantitative estimate of drug-likeness (QED) is 0.701. The predicted molar refractivity (Wildman–Crippen MR) is 96.3 cm³/mol. The number of hydrogen-bond acceptors (Lipinski definition) is 7. The summed E-state index contributed by atoms with van der Waals surface area (Å²) in [4.78, 5) is 13.7. The Labute approximate surface area is 151 Å². The minimum Gasteiger partial charge on any atom is -0.481 e. The van der Waals surface area contributed by atoms with Gasteiger partial charge in [0, 0.05) is 56.4 Å². The number of nitrogens with zero attached hydrogens (tertiary/aromatic N) is 7. The summed E-state index contributed by atoms with van der Waals surface area (Å²) in [7, 11) is 1.65. The van der Waals surface area contributed by atoms with Crippen molar-refractivity contribution >= 4 is 11.5 Å². The zero-order valence-electron chi connectivity index (χ0n) is 14.9. The van der Waals surface area contributed by atoms with Crippen molar-refractivity contribution in [1.29, 1.82) is 0 Å². The molecular formula is C18H21N7O. The van der Waals surface area contributed by atoms with E-state index in [0.29, 0.717) is 18.0 Å². The van der Waals surface area contributed by atoms with Gasteiger partial charge in [-0.25, -0.2) is 9.97 Å². The summed E-state index contributed by atoms with van der Waals surface area (Å²) in [5.74, 6) is 2.51. The molecule has 2 saturated heterocycles. The molecule has 8 heteroatoms. The molecule has 0 saturated carbocycles. The lowest BCUT2D eigenvalue weighted by Crippen LogP contribution is -2.46. The highest BCUT2D eigenvalue weighted by Crippen LogP contribution is 2.35. The number of pyridine rings is 1. The van der Waals surface area contributed by atoms with Crippen LogP contribution in [0.15, 0.2) is 30.7 Å². The van der Waals surface area contributed by atoms with E-state index in [2.05, 4.69) is 36.0 Å². The second-order valence-electron chi connectivity index (χ2n) is 7.02. The first-order chi connectivity index (χ1) is 12.7. The van der Waals surface area contributed by atoms with Gasteiger partial charge in [0.15, 0.2) is 5.82 Å². The second-order valence-corrected chi connectivity index (χ2v) is 7.02. The van der Waals surface area contributed by atoms with Crippen LogP contribution in [0, 0.1) is 6.92 Å². The predicted octanol–water partition coefficient (Wildman–Crippen LogP) is 1.30. The Bertz CT molecular complexity index is 956. The topological polar surface area (TPSA) is 71.7 Å². The molecule has 3 aromatic heterocycles. The monoisotopic (exact) mass is 351 g/mol. The van der Waals surface area contributed by atoms with E-state index in [1.807, 2.05) is 36.0 Å². The molecule has 134 valence electrons. The summed E-state index contributed by atoms with van der Waals surface area (Å²) in [6.07, 6.45) is 6.74. The fraction of sp³-hybridized carbons (Fsp3) is 0.444. The van der Waals surface area contributed by atoms with Crippen LogP contribution in [0.1, 0.15) is 17.8 Å². The number of likely N-dealkylation sites (tertiary alicyclic amines) is 1. The standard InChI is InChI=1S/C18H21N7O/c1-12-21-22-18-17(20-5-6-24(12)18)25-11-14-8-15(25)10-23(14)9-13-3-4-19-16(7-13)26-2/h3-7,14-15H,8-11H2,1-2H3. The normalized spacial score (nSPS) is 22.5. The van der Waals surface area contributed by atoms with Crippen LogP contribution < -0.4 is 9.64 Å². The maximum atomic E-state index is 5.24. The number of anilines is 1. The maximum absolute atomic E-state index is 5.24. The molecule has 2 bridgehead atoms. The molecule has 2 aliphatic rings. The van der Waals surface area contributed by atoms with Crippen LogP contribution in [0.2, 0.25) is 0 Å². The van der Waals surface area contributed by atoms with E-state index < -0.39 is 0 Å². The van der Waals surface area contributed by atoms with Crippen LogP contribution in [0.4, 0.5) is 5.82 Å². The van der Waals surface area contributed by atoms with Crippen LogP contribution in [0.25, 0.3) is 5.65 Å². The molecule has 0 aromatic carbocycles. The Balaban J connectivity index is 1.35. The van der Waals surface area contributed by atoms with E-state index in [9.17, 15) is 0 Å². The van der Waals surface area contributed by atoms with Crippen LogP contribution >= 0.6 is 0 Å². The highest BCUT2D eigenvalue weighted by atomic mass is 16.5. The SMILES string of the molecule is COc1cc(CN2CC3CC2CN3c2nccn3c(C)nnc23)ccn1. The van der Waals surface area contributed by atoms with E-state index in [0.717, 1.165) is 43.3 Å². The lowest BCUT2D eigenvalue weighted by molar-refractivity contribution is 0.229. The molecule has 0 radical (unpaired) electrons. The van der Waals surface area contributed by atoms with E-state index in [1.165, 1.54) is 5.56 Å². The number of methoxy groups -OCH3 is 1. The van der Waals surface area contributed by atoms with Gasteiger partial charge in [0.05, 0.1) is 7.11 Å². The molecule has 0 amide bonds. The highest BCUT2D eigenvalue weighted by Gasteiger charge is 2.44. The maximum Gasteiger partial charge on any atom is 0.213 e. The summed E-state index contributed by atoms with van der Waals surface area (Å²) in [6.45, 7) is 4.90. The molecule has 2 unspecified atom stereocenters. The fourth-order valence-corrected chi connectivity index (χ4v) is 4.23. The van der Waals surface area contributed by atoms with E-state index in [-0.39, 0.29) is 0 Å². The van der Waals surface area contributed by atoms with Crippen LogP contribution in [0.5, 0.6) is 5.88 Å². The van der Waals surface area contributed by atoms with Gasteiger partial charge < -0.3 is 9.64 Å². The Hall–Kier alpha value is -2.74. The molecule has 8 nitrogen and oxygen atoms in total. The Morgan fingerprint density at radius 1 is 1.15 bits per heavy atom. The van der Waals surface area contributed by atoms with Crippen molar-refractivity contribution in [3.8, 4) is 5.88 Å². The van der Waals surface area contributed by atoms with Gasteiger partial charge in [0.1, 0.15) is 5.82 Å². The fourth-order valence-electron chi connectivity index (χ4n) is 4.23. The average molecular weight is 351 g/mol. The number of piperazine rings is 1. The van der Waals surface area contributed by atoms with Crippen molar-refractivity contribution in [2.75, 3.05) is 25.1 Å². The third kappa shape index (κ3) is 2.40. The van der Waals surface area contributed by atoms with Crippen LogP contribution in [-0.4, -0.2) is 61.7 Å². The van der Waals surface area contributed by atoms with Gasteiger partial charge in [-0.3, -0.25) is 9.30 Å². The first-order valence-electron chi connectivity index (χ1n) is 8.89. The summed E-state index contributed by atoms with van der Waals surface area (Å²) in [5.41, 5.74) is 2.09. The largest absolute Gasteiger partial charge is 0.481 e. The minimum atomic E-state index is 0.472. The summed E-state index contributed by atoms with van der Waals surface area (Å²) < 4.78 is 7.25. The van der Waals surface area contributed by atoms with Gasteiger partial charge in [-0.1, -0.05) is 0 Å². The number of rotatable bonds is 4. The zero-order chi connectivity index (χ0) is 17.7. The number of ether oxygens (including phenoxy) is 1. The van der Waals surface area contributed by atoms with Crippen molar-refractivity contribution in [2.24, 2.45) is 0 Å². The first-order valence-corrected chi connectivity index (χ1v) is 8.89. The number of hydrogen-bond donors (Lipinski definition) is 0. The molecule has 5 rings (SSSR count). The summed E-state index contributed by atoms with van der Waals surface area (Å²) in [5, 5.41) is 8.52. The van der Waals surface area contributed by atoms with Crippen molar-refractivity contribution in [1.82, 2.24) is 29.5 Å². The summed E-state index contributed by atoms with van der Waals surface area (Å²) >= 11 is 0. The van der Waals surface area contributed by atoms with Crippen LogP contribution in [0.3, 0.4) is 0 Å². The van der Waals surface area contributed by atoms with Gasteiger partial charge in [-0.05, 0) is 25.0 Å². The first kappa shape index (κ1) is 15.5. The van der Waals surface area contributed by atoms with E-state index >= 15 is 0 Å². The number of aryl methyl sites for hydroxylation is 1. The van der Waals surface area contributed by atoms with Gasteiger partial charge in [-0.15, -0.1) is 10.2 Å². The molecular weight excluding hydrogens is 330 g/mol. The zero-order valence-corrected chi connectivity index (χ0v) is 14.9. The van der Waals surface area contributed by atoms with Crippen molar-refractivity contribution in [2.45, 2.75) is 32.0 Å². The third-order valence-electron chi connectivity index (χ3n) is 5.50. The van der Waals surface area contributed by atoms with Gasteiger partial charge in [0.25, 0.3) is 0 Å². The molecule has 0 N–H and O–H groups in total. The van der Waals surface area contributed by atoms with Gasteiger partial charge >= 0.3 is 0 Å². The van der Waals surface area contributed by atoms with E-state index in [1.54, 1.807) is 7.11 Å². The lowest BCUT2D eigenvalue weighted by Gasteiger charge is -2.34. The smallest absolute Gasteiger partial charge is 0.213 e.